The van der Waals surface area contributed by atoms with Crippen molar-refractivity contribution in [1.82, 2.24) is 5.32 Å². The summed E-state index contributed by atoms with van der Waals surface area (Å²) in [5.41, 5.74) is 1.54. The van der Waals surface area contributed by atoms with Crippen LogP contribution in [0, 0.1) is 11.3 Å². The lowest BCUT2D eigenvalue weighted by atomic mass is 9.96. The topological polar surface area (TPSA) is 109 Å². The van der Waals surface area contributed by atoms with Gasteiger partial charge in [0.1, 0.15) is 23.2 Å². The lowest BCUT2D eigenvalue weighted by Gasteiger charge is -2.15. The molecule has 1 aliphatic heterocycles. The highest BCUT2D eigenvalue weighted by atomic mass is 16.5. The number of methoxy groups -OCH3 is 1. The fourth-order valence-electron chi connectivity index (χ4n) is 2.63. The van der Waals surface area contributed by atoms with Gasteiger partial charge in [-0.25, -0.2) is 4.79 Å². The lowest BCUT2D eigenvalue weighted by Crippen LogP contribution is -2.37. The minimum Gasteiger partial charge on any atom is -0.465 e. The highest BCUT2D eigenvalue weighted by molar-refractivity contribution is 6.19. The zero-order valence-electron chi connectivity index (χ0n) is 14.5. The molecule has 0 bridgehead atoms. The summed E-state index contributed by atoms with van der Waals surface area (Å²) in [6.07, 6.45) is 1.47. The number of nitrogens with one attached hydrogen (secondary N) is 1. The summed E-state index contributed by atoms with van der Waals surface area (Å²) >= 11 is 0. The zero-order chi connectivity index (χ0) is 19.6. The molecular formula is C20H14N2O5. The van der Waals surface area contributed by atoms with Crippen molar-refractivity contribution in [3.8, 4) is 17.4 Å². The smallest absolute Gasteiger partial charge is 0.337 e. The number of carbonyl (C=O) groups is 3. The molecule has 0 unspecified atom stereocenters. The summed E-state index contributed by atoms with van der Waals surface area (Å²) in [6.45, 7) is 1.54. The van der Waals surface area contributed by atoms with Crippen molar-refractivity contribution in [2.24, 2.45) is 0 Å². The minimum atomic E-state index is -0.706. The maximum atomic E-state index is 12.1. The first-order valence-corrected chi connectivity index (χ1v) is 7.92. The molecular weight excluding hydrogens is 348 g/mol. The minimum absolute atomic E-state index is 0.106. The normalized spacial score (nSPS) is 15.5. The molecule has 0 atom stereocenters. The van der Waals surface area contributed by atoms with Crippen LogP contribution in [-0.2, 0) is 14.3 Å². The molecule has 2 heterocycles. The first-order valence-electron chi connectivity index (χ1n) is 7.92. The van der Waals surface area contributed by atoms with Crippen LogP contribution in [0.2, 0.25) is 0 Å². The highest BCUT2D eigenvalue weighted by Crippen LogP contribution is 2.27. The Balaban J connectivity index is 1.92. The number of hydrogen-bond acceptors (Lipinski definition) is 6. The fraction of sp³-hybridized carbons (Fsp3) is 0.100. The SMILES string of the molecule is COC(=O)c1ccc(-c2ccc(/C=C3\C(=O)NC(=O)C(C#N)=C3C)o2)cc1. The van der Waals surface area contributed by atoms with E-state index in [9.17, 15) is 14.4 Å². The van der Waals surface area contributed by atoms with Crippen LogP contribution < -0.4 is 5.32 Å². The van der Waals surface area contributed by atoms with E-state index in [4.69, 9.17) is 9.68 Å². The second kappa shape index (κ2) is 7.14. The third kappa shape index (κ3) is 3.41. The van der Waals surface area contributed by atoms with Gasteiger partial charge in [-0.1, -0.05) is 12.1 Å². The molecule has 1 N–H and O–H groups in total. The van der Waals surface area contributed by atoms with Gasteiger partial charge in [0.05, 0.1) is 12.7 Å². The molecule has 1 aliphatic rings. The number of hydrogen-bond donors (Lipinski definition) is 1. The number of ether oxygens (including phenoxy) is 1. The van der Waals surface area contributed by atoms with Crippen LogP contribution in [-0.4, -0.2) is 24.9 Å². The maximum absolute atomic E-state index is 12.1. The van der Waals surface area contributed by atoms with Crippen molar-refractivity contribution < 1.29 is 23.5 Å². The van der Waals surface area contributed by atoms with Crippen LogP contribution in [0.25, 0.3) is 17.4 Å². The molecule has 134 valence electrons. The second-order valence-electron chi connectivity index (χ2n) is 5.72. The molecule has 7 heteroatoms. The van der Waals surface area contributed by atoms with Crippen LogP contribution in [0.1, 0.15) is 23.0 Å². The third-order valence-corrected chi connectivity index (χ3v) is 4.09. The monoisotopic (exact) mass is 362 g/mol. The lowest BCUT2D eigenvalue weighted by molar-refractivity contribution is -0.126. The molecule has 2 amide bonds. The predicted octanol–water partition coefficient (Wildman–Crippen LogP) is 2.61. The van der Waals surface area contributed by atoms with E-state index in [1.807, 2.05) is 0 Å². The van der Waals surface area contributed by atoms with E-state index in [2.05, 4.69) is 10.1 Å². The summed E-state index contributed by atoms with van der Waals surface area (Å²) < 4.78 is 10.4. The first-order chi connectivity index (χ1) is 12.9. The average molecular weight is 362 g/mol. The van der Waals surface area contributed by atoms with E-state index in [0.29, 0.717) is 22.7 Å². The molecule has 0 aliphatic carbocycles. The number of amides is 2. The molecule has 0 spiro atoms. The first kappa shape index (κ1) is 17.9. The van der Waals surface area contributed by atoms with Gasteiger partial charge in [-0.3, -0.25) is 14.9 Å². The third-order valence-electron chi connectivity index (χ3n) is 4.09. The summed E-state index contributed by atoms with van der Waals surface area (Å²) in [7, 11) is 1.31. The number of furan rings is 1. The molecule has 3 rings (SSSR count). The molecule has 0 radical (unpaired) electrons. The molecule has 2 aromatic rings. The van der Waals surface area contributed by atoms with E-state index in [1.165, 1.54) is 20.1 Å². The number of benzene rings is 1. The Morgan fingerprint density at radius 2 is 1.85 bits per heavy atom. The van der Waals surface area contributed by atoms with Gasteiger partial charge in [-0.05, 0) is 42.8 Å². The largest absolute Gasteiger partial charge is 0.465 e. The summed E-state index contributed by atoms with van der Waals surface area (Å²) in [4.78, 5) is 35.2. The molecule has 0 saturated heterocycles. The van der Waals surface area contributed by atoms with Crippen LogP contribution in [0.15, 0.2) is 57.5 Å². The Labute approximate surface area is 154 Å². The molecule has 1 aromatic carbocycles. The van der Waals surface area contributed by atoms with Crippen molar-refractivity contribution in [2.75, 3.05) is 7.11 Å². The van der Waals surface area contributed by atoms with E-state index in [1.54, 1.807) is 42.5 Å². The van der Waals surface area contributed by atoms with E-state index in [0.717, 1.165) is 5.56 Å². The van der Waals surface area contributed by atoms with Crippen LogP contribution in [0.4, 0.5) is 0 Å². The Bertz CT molecular complexity index is 1050. The number of imide groups is 1. The van der Waals surface area contributed by atoms with Gasteiger partial charge < -0.3 is 9.15 Å². The Morgan fingerprint density at radius 1 is 1.15 bits per heavy atom. The number of nitriles is 1. The quantitative estimate of drug-likeness (QED) is 0.511. The Morgan fingerprint density at radius 3 is 2.48 bits per heavy atom. The number of nitrogens with zero attached hydrogens (tertiary/aromatic N) is 1. The van der Waals surface area contributed by atoms with E-state index in [-0.39, 0.29) is 11.1 Å². The van der Waals surface area contributed by atoms with Gasteiger partial charge in [-0.2, -0.15) is 5.26 Å². The highest BCUT2D eigenvalue weighted by Gasteiger charge is 2.27. The Kier molecular flexibility index (Phi) is 4.73. The Hall–Kier alpha value is -3.92. The predicted molar refractivity (Wildman–Crippen MR) is 94.9 cm³/mol. The van der Waals surface area contributed by atoms with Crippen molar-refractivity contribution in [2.45, 2.75) is 6.92 Å². The van der Waals surface area contributed by atoms with Gasteiger partial charge in [0.25, 0.3) is 11.8 Å². The van der Waals surface area contributed by atoms with Crippen LogP contribution in [0.3, 0.4) is 0 Å². The summed E-state index contributed by atoms with van der Waals surface area (Å²) in [5, 5.41) is 11.2. The number of esters is 1. The van der Waals surface area contributed by atoms with Gasteiger partial charge in [-0.15, -0.1) is 0 Å². The van der Waals surface area contributed by atoms with E-state index < -0.39 is 17.8 Å². The number of rotatable bonds is 3. The number of carbonyl (C=O) groups excluding carboxylic acids is 3. The van der Waals surface area contributed by atoms with Gasteiger partial charge in [0.15, 0.2) is 0 Å². The summed E-state index contributed by atoms with van der Waals surface area (Å²) in [6, 6.07) is 11.8. The van der Waals surface area contributed by atoms with Crippen molar-refractivity contribution >= 4 is 23.9 Å². The van der Waals surface area contributed by atoms with Crippen molar-refractivity contribution in [1.29, 1.82) is 5.26 Å². The molecule has 0 saturated carbocycles. The average Bonchev–Trinajstić information content (AvgIpc) is 3.13. The standard InChI is InChI=1S/C20H14N2O5/c1-11-15(18(23)22-19(24)16(11)10-21)9-14-7-8-17(27-14)12-3-5-13(6-4-12)20(25)26-2/h3-9H,1-2H3,(H,22,23,24)/b15-9-. The molecule has 0 fully saturated rings. The maximum Gasteiger partial charge on any atom is 0.337 e. The summed E-state index contributed by atoms with van der Waals surface area (Å²) in [5.74, 6) is -0.800. The molecule has 1 aromatic heterocycles. The van der Waals surface area contributed by atoms with Crippen molar-refractivity contribution in [3.63, 3.8) is 0 Å². The van der Waals surface area contributed by atoms with Crippen molar-refractivity contribution in [3.05, 3.63) is 64.4 Å². The van der Waals surface area contributed by atoms with E-state index >= 15 is 0 Å². The zero-order valence-corrected chi connectivity index (χ0v) is 14.5. The van der Waals surface area contributed by atoms with Gasteiger partial charge in [0, 0.05) is 11.1 Å². The van der Waals surface area contributed by atoms with Gasteiger partial charge in [0.2, 0.25) is 0 Å². The second-order valence-corrected chi connectivity index (χ2v) is 5.72. The molecule has 27 heavy (non-hydrogen) atoms. The molecule has 7 nitrogen and oxygen atoms in total. The van der Waals surface area contributed by atoms with Crippen LogP contribution >= 0.6 is 0 Å². The van der Waals surface area contributed by atoms with Gasteiger partial charge >= 0.3 is 5.97 Å². The fourth-order valence-corrected chi connectivity index (χ4v) is 2.63. The van der Waals surface area contributed by atoms with Crippen LogP contribution in [0.5, 0.6) is 0 Å².